The van der Waals surface area contributed by atoms with Crippen LogP contribution in [0.5, 0.6) is 0 Å². The summed E-state index contributed by atoms with van der Waals surface area (Å²) in [4.78, 5) is 39.2. The van der Waals surface area contributed by atoms with Gasteiger partial charge in [-0.2, -0.15) is 0 Å². The molecule has 0 saturated carbocycles. The zero-order valence-corrected chi connectivity index (χ0v) is 20.1. The molecule has 1 N–H and O–H groups in total. The quantitative estimate of drug-likeness (QED) is 0.574. The Balaban J connectivity index is 1.69. The summed E-state index contributed by atoms with van der Waals surface area (Å²) in [5.74, 6) is -1.19. The van der Waals surface area contributed by atoms with Crippen molar-refractivity contribution in [1.82, 2.24) is 14.5 Å². The number of halogens is 1. The summed E-state index contributed by atoms with van der Waals surface area (Å²) in [6.45, 7) is 1.76. The van der Waals surface area contributed by atoms with E-state index >= 15 is 0 Å². The molecule has 10 heteroatoms. The Morgan fingerprint density at radius 1 is 1.12 bits per heavy atom. The summed E-state index contributed by atoms with van der Waals surface area (Å²) >= 11 is 3.37. The Bertz CT molecular complexity index is 1130. The second-order valence-corrected chi connectivity index (χ2v) is 10.2. The van der Waals surface area contributed by atoms with E-state index in [0.29, 0.717) is 0 Å². The molecule has 3 amide bonds. The van der Waals surface area contributed by atoms with Crippen molar-refractivity contribution in [2.75, 3.05) is 13.6 Å². The van der Waals surface area contributed by atoms with Crippen molar-refractivity contribution in [2.45, 2.75) is 37.2 Å². The molecule has 32 heavy (non-hydrogen) atoms. The number of likely N-dealkylation sites (N-methyl/N-ethyl adjacent to an activating group) is 1. The van der Waals surface area contributed by atoms with E-state index in [4.69, 9.17) is 0 Å². The van der Waals surface area contributed by atoms with Gasteiger partial charge in [0.1, 0.15) is 10.9 Å². The second-order valence-electron chi connectivity index (χ2n) is 7.42. The zero-order valence-electron chi connectivity index (χ0n) is 17.7. The molecule has 1 atom stereocenters. The lowest BCUT2D eigenvalue weighted by Crippen LogP contribution is -2.46. The number of nitrogens with zero attached hydrogens (tertiary/aromatic N) is 2. The Morgan fingerprint density at radius 2 is 1.78 bits per heavy atom. The van der Waals surface area contributed by atoms with E-state index in [-0.39, 0.29) is 48.2 Å². The molecule has 0 spiro atoms. The van der Waals surface area contributed by atoms with Gasteiger partial charge in [-0.1, -0.05) is 40.2 Å². The molecule has 1 aliphatic rings. The van der Waals surface area contributed by atoms with E-state index in [0.717, 1.165) is 14.3 Å². The molecule has 2 aromatic carbocycles. The van der Waals surface area contributed by atoms with E-state index in [1.165, 1.54) is 24.1 Å². The van der Waals surface area contributed by atoms with Crippen LogP contribution in [0.3, 0.4) is 0 Å². The molecule has 1 heterocycles. The number of benzene rings is 2. The van der Waals surface area contributed by atoms with Gasteiger partial charge < -0.3 is 10.2 Å². The van der Waals surface area contributed by atoms with Crippen LogP contribution in [0, 0.1) is 0 Å². The SMILES string of the molecule is CNC(=O)[C@H](C)N(Cc1ccc(Br)cc1)C(=O)CCCN1C(=O)c2ccccc2S1(=O)=O. The standard InChI is InChI=1S/C22H24BrN3O5S/c1-15(21(28)24-2)25(14-16-9-11-17(23)12-10-16)20(27)8-5-13-26-22(29)18-6-3-4-7-19(18)32(26,30)31/h3-4,6-7,9-12,15H,5,8,13-14H2,1-2H3,(H,24,28)/t15-/m0/s1. The molecular formula is C22H24BrN3O5S. The third-order valence-corrected chi connectivity index (χ3v) is 7.71. The van der Waals surface area contributed by atoms with Crippen molar-refractivity contribution in [1.29, 1.82) is 0 Å². The van der Waals surface area contributed by atoms with Crippen LogP contribution in [0.4, 0.5) is 0 Å². The highest BCUT2D eigenvalue weighted by Crippen LogP contribution is 2.30. The minimum atomic E-state index is -3.91. The first-order chi connectivity index (χ1) is 15.2. The summed E-state index contributed by atoms with van der Waals surface area (Å²) < 4.78 is 27.0. The van der Waals surface area contributed by atoms with Crippen LogP contribution in [-0.4, -0.2) is 55.0 Å². The van der Waals surface area contributed by atoms with Gasteiger partial charge in [-0.15, -0.1) is 0 Å². The highest BCUT2D eigenvalue weighted by atomic mass is 79.9. The lowest BCUT2D eigenvalue weighted by molar-refractivity contribution is -0.140. The summed E-state index contributed by atoms with van der Waals surface area (Å²) in [7, 11) is -2.41. The van der Waals surface area contributed by atoms with E-state index < -0.39 is 22.0 Å². The largest absolute Gasteiger partial charge is 0.357 e. The third-order valence-electron chi connectivity index (χ3n) is 5.34. The molecule has 0 aromatic heterocycles. The lowest BCUT2D eigenvalue weighted by Gasteiger charge is -2.28. The molecule has 0 saturated heterocycles. The second kappa shape index (κ2) is 9.83. The van der Waals surface area contributed by atoms with Gasteiger partial charge in [-0.05, 0) is 43.2 Å². The van der Waals surface area contributed by atoms with E-state index in [1.807, 2.05) is 24.3 Å². The third kappa shape index (κ3) is 4.86. The van der Waals surface area contributed by atoms with Crippen molar-refractivity contribution in [3.05, 3.63) is 64.1 Å². The molecule has 0 radical (unpaired) electrons. The lowest BCUT2D eigenvalue weighted by atomic mass is 10.1. The van der Waals surface area contributed by atoms with Crippen molar-refractivity contribution in [3.63, 3.8) is 0 Å². The number of carbonyl (C=O) groups excluding carboxylic acids is 3. The number of hydrogen-bond acceptors (Lipinski definition) is 5. The van der Waals surface area contributed by atoms with Gasteiger partial charge in [-0.3, -0.25) is 14.4 Å². The highest BCUT2D eigenvalue weighted by molar-refractivity contribution is 9.10. The Labute approximate surface area is 195 Å². The monoisotopic (exact) mass is 521 g/mol. The Hall–Kier alpha value is -2.72. The van der Waals surface area contributed by atoms with E-state index in [2.05, 4.69) is 21.2 Å². The van der Waals surface area contributed by atoms with Crippen molar-refractivity contribution in [2.24, 2.45) is 0 Å². The fourth-order valence-corrected chi connectivity index (χ4v) is 5.42. The zero-order chi connectivity index (χ0) is 23.5. The maximum absolute atomic E-state index is 13.0. The smallest absolute Gasteiger partial charge is 0.269 e. The predicted molar refractivity (Wildman–Crippen MR) is 122 cm³/mol. The first kappa shape index (κ1) is 23.9. The van der Waals surface area contributed by atoms with Crippen LogP contribution in [0.1, 0.15) is 35.7 Å². The average molecular weight is 522 g/mol. The van der Waals surface area contributed by atoms with E-state index in [9.17, 15) is 22.8 Å². The van der Waals surface area contributed by atoms with Gasteiger partial charge in [0.15, 0.2) is 0 Å². The Morgan fingerprint density at radius 3 is 2.41 bits per heavy atom. The minimum Gasteiger partial charge on any atom is -0.357 e. The first-order valence-electron chi connectivity index (χ1n) is 10.1. The topological polar surface area (TPSA) is 104 Å². The number of hydrogen-bond donors (Lipinski definition) is 1. The fraction of sp³-hybridized carbons (Fsp3) is 0.318. The van der Waals surface area contributed by atoms with Crippen molar-refractivity contribution in [3.8, 4) is 0 Å². The summed E-state index contributed by atoms with van der Waals surface area (Å²) in [5.41, 5.74) is 0.994. The molecular weight excluding hydrogens is 498 g/mol. The molecule has 2 aromatic rings. The number of sulfonamides is 1. The fourth-order valence-electron chi connectivity index (χ4n) is 3.55. The highest BCUT2D eigenvalue weighted by Gasteiger charge is 2.40. The molecule has 0 unspecified atom stereocenters. The summed E-state index contributed by atoms with van der Waals surface area (Å²) in [6.07, 6.45) is 0.141. The van der Waals surface area contributed by atoms with Crippen LogP contribution in [0.2, 0.25) is 0 Å². The number of carbonyl (C=O) groups is 3. The van der Waals surface area contributed by atoms with Crippen molar-refractivity contribution < 1.29 is 22.8 Å². The van der Waals surface area contributed by atoms with Gasteiger partial charge in [0, 0.05) is 31.0 Å². The van der Waals surface area contributed by atoms with E-state index in [1.54, 1.807) is 19.1 Å². The number of fused-ring (bicyclic) bond motifs is 1. The normalized spacial score (nSPS) is 15.2. The van der Waals surface area contributed by atoms with Crippen LogP contribution < -0.4 is 5.32 Å². The van der Waals surface area contributed by atoms with Crippen molar-refractivity contribution >= 4 is 43.7 Å². The molecule has 1 aliphatic heterocycles. The van der Waals surface area contributed by atoms with Crippen LogP contribution >= 0.6 is 15.9 Å². The van der Waals surface area contributed by atoms with Gasteiger partial charge in [0.05, 0.1) is 5.56 Å². The molecule has 0 fully saturated rings. The van der Waals surface area contributed by atoms with Gasteiger partial charge in [0.25, 0.3) is 15.9 Å². The molecule has 0 aliphatic carbocycles. The molecule has 170 valence electrons. The van der Waals surface area contributed by atoms with Crippen LogP contribution in [0.25, 0.3) is 0 Å². The maximum atomic E-state index is 13.0. The average Bonchev–Trinajstić information content (AvgIpc) is 2.98. The number of rotatable bonds is 8. The predicted octanol–water partition coefficient (Wildman–Crippen LogP) is 2.54. The van der Waals surface area contributed by atoms with Gasteiger partial charge >= 0.3 is 0 Å². The molecule has 3 rings (SSSR count). The minimum absolute atomic E-state index is 0.00644. The van der Waals surface area contributed by atoms with Gasteiger partial charge in [0.2, 0.25) is 11.8 Å². The van der Waals surface area contributed by atoms with Crippen LogP contribution in [-0.2, 0) is 26.2 Å². The first-order valence-corrected chi connectivity index (χ1v) is 12.3. The maximum Gasteiger partial charge on any atom is 0.269 e. The van der Waals surface area contributed by atoms with Gasteiger partial charge in [-0.25, -0.2) is 12.7 Å². The molecule has 8 nitrogen and oxygen atoms in total. The van der Waals surface area contributed by atoms with Crippen LogP contribution in [0.15, 0.2) is 57.9 Å². The summed E-state index contributed by atoms with van der Waals surface area (Å²) in [5, 5.41) is 2.55. The number of amides is 3. The summed E-state index contributed by atoms with van der Waals surface area (Å²) in [6, 6.07) is 12.8. The number of nitrogens with one attached hydrogen (secondary N) is 1. The Kier molecular flexibility index (Phi) is 7.35. The molecule has 0 bridgehead atoms.